The van der Waals surface area contributed by atoms with Gasteiger partial charge in [-0.1, -0.05) is 19.9 Å². The first kappa shape index (κ1) is 18.2. The molecular weight excluding hydrogens is 316 g/mol. The number of nitrogens with zero attached hydrogens (tertiary/aromatic N) is 2. The number of hydrogen-bond donors (Lipinski definition) is 2. The van der Waals surface area contributed by atoms with Crippen LogP contribution in [0.25, 0.3) is 0 Å². The van der Waals surface area contributed by atoms with E-state index in [1.165, 1.54) is 25.5 Å². The molecule has 1 aromatic carbocycles. The van der Waals surface area contributed by atoms with Crippen molar-refractivity contribution >= 4 is 5.97 Å². The Labute approximate surface area is 150 Å². The lowest BCUT2D eigenvalue weighted by molar-refractivity contribution is 0.0693. The van der Waals surface area contributed by atoms with E-state index < -0.39 is 5.97 Å². The standard InChI is InChI=1S/C20H30N2O3/c1-14(2)18-13-21(8-3-9-22(18)12-15-4-5-15)11-16-6-7-19(23)17(10-16)20(24)25/h6-7,10,14-15,18,23H,3-5,8-9,11-13H2,1-2H3,(H,24,25)/t18-/m0/s1. The van der Waals surface area contributed by atoms with Gasteiger partial charge in [0.15, 0.2) is 0 Å². The van der Waals surface area contributed by atoms with Gasteiger partial charge in [-0.05, 0) is 61.9 Å². The average Bonchev–Trinajstić information content (AvgIpc) is 3.37. The summed E-state index contributed by atoms with van der Waals surface area (Å²) >= 11 is 0. The fourth-order valence-electron chi connectivity index (χ4n) is 3.88. The molecule has 0 unspecified atom stereocenters. The molecule has 1 saturated carbocycles. The molecule has 1 atom stereocenters. The number of benzene rings is 1. The van der Waals surface area contributed by atoms with E-state index in [-0.39, 0.29) is 11.3 Å². The number of carboxylic acids is 1. The van der Waals surface area contributed by atoms with Crippen LogP contribution in [0.5, 0.6) is 5.75 Å². The molecule has 1 heterocycles. The molecule has 1 aliphatic carbocycles. The van der Waals surface area contributed by atoms with Crippen LogP contribution >= 0.6 is 0 Å². The molecule has 2 fully saturated rings. The van der Waals surface area contributed by atoms with Crippen LogP contribution in [-0.2, 0) is 6.54 Å². The number of aromatic carboxylic acids is 1. The van der Waals surface area contributed by atoms with Gasteiger partial charge in [0.25, 0.3) is 0 Å². The molecule has 0 radical (unpaired) electrons. The van der Waals surface area contributed by atoms with Gasteiger partial charge in [-0.3, -0.25) is 9.80 Å². The van der Waals surface area contributed by atoms with Crippen LogP contribution in [0, 0.1) is 11.8 Å². The zero-order valence-corrected chi connectivity index (χ0v) is 15.3. The van der Waals surface area contributed by atoms with E-state index in [4.69, 9.17) is 0 Å². The Kier molecular flexibility index (Phi) is 5.64. The molecule has 1 aliphatic heterocycles. The van der Waals surface area contributed by atoms with Crippen LogP contribution in [0.4, 0.5) is 0 Å². The monoisotopic (exact) mass is 346 g/mol. The number of carboxylic acid groups (broad SMARTS) is 1. The lowest BCUT2D eigenvalue weighted by atomic mass is 10.0. The highest BCUT2D eigenvalue weighted by atomic mass is 16.4. The SMILES string of the molecule is CC(C)[C@@H]1CN(Cc2ccc(O)c(C(=O)O)c2)CCCN1CC1CC1. The summed E-state index contributed by atoms with van der Waals surface area (Å²) < 4.78 is 0. The quantitative estimate of drug-likeness (QED) is 0.829. The van der Waals surface area contributed by atoms with Crippen molar-refractivity contribution in [2.75, 3.05) is 26.2 Å². The van der Waals surface area contributed by atoms with E-state index in [9.17, 15) is 15.0 Å². The van der Waals surface area contributed by atoms with E-state index in [2.05, 4.69) is 23.6 Å². The van der Waals surface area contributed by atoms with Gasteiger partial charge in [0, 0.05) is 25.7 Å². The van der Waals surface area contributed by atoms with Crippen molar-refractivity contribution in [2.24, 2.45) is 11.8 Å². The van der Waals surface area contributed by atoms with Gasteiger partial charge < -0.3 is 10.2 Å². The lowest BCUT2D eigenvalue weighted by Gasteiger charge is -2.34. The summed E-state index contributed by atoms with van der Waals surface area (Å²) in [6.07, 6.45) is 3.92. The minimum absolute atomic E-state index is 0.0110. The van der Waals surface area contributed by atoms with E-state index >= 15 is 0 Å². The van der Waals surface area contributed by atoms with E-state index in [1.54, 1.807) is 6.07 Å². The number of hydrogen-bond acceptors (Lipinski definition) is 4. The van der Waals surface area contributed by atoms with Crippen molar-refractivity contribution in [2.45, 2.75) is 45.7 Å². The number of carbonyl (C=O) groups is 1. The van der Waals surface area contributed by atoms with E-state index in [1.807, 2.05) is 6.07 Å². The molecule has 2 N–H and O–H groups in total. The molecule has 5 heteroatoms. The summed E-state index contributed by atoms with van der Waals surface area (Å²) in [6, 6.07) is 5.49. The Bertz CT molecular complexity index is 613. The third-order valence-corrected chi connectivity index (χ3v) is 5.49. The van der Waals surface area contributed by atoms with Crippen LogP contribution in [0.3, 0.4) is 0 Å². The summed E-state index contributed by atoms with van der Waals surface area (Å²) in [6.45, 7) is 9.79. The maximum atomic E-state index is 11.2. The largest absolute Gasteiger partial charge is 0.507 e. The third-order valence-electron chi connectivity index (χ3n) is 5.49. The Hall–Kier alpha value is -1.59. The summed E-state index contributed by atoms with van der Waals surface area (Å²) in [5, 5.41) is 18.9. The van der Waals surface area contributed by atoms with E-state index in [0.29, 0.717) is 12.0 Å². The Morgan fingerprint density at radius 2 is 2.04 bits per heavy atom. The van der Waals surface area contributed by atoms with Crippen molar-refractivity contribution in [1.82, 2.24) is 9.80 Å². The zero-order valence-electron chi connectivity index (χ0n) is 15.3. The van der Waals surface area contributed by atoms with Crippen LogP contribution in [0.2, 0.25) is 0 Å². The molecule has 25 heavy (non-hydrogen) atoms. The Morgan fingerprint density at radius 1 is 1.28 bits per heavy atom. The highest BCUT2D eigenvalue weighted by Gasteiger charge is 2.32. The molecule has 138 valence electrons. The maximum Gasteiger partial charge on any atom is 0.339 e. The van der Waals surface area contributed by atoms with Crippen molar-refractivity contribution in [3.8, 4) is 5.75 Å². The van der Waals surface area contributed by atoms with Gasteiger partial charge in [0.05, 0.1) is 0 Å². The smallest absolute Gasteiger partial charge is 0.339 e. The van der Waals surface area contributed by atoms with Crippen molar-refractivity contribution < 1.29 is 15.0 Å². The Balaban J connectivity index is 1.69. The van der Waals surface area contributed by atoms with Gasteiger partial charge in [-0.15, -0.1) is 0 Å². The highest BCUT2D eigenvalue weighted by molar-refractivity contribution is 5.90. The molecule has 0 bridgehead atoms. The first-order chi connectivity index (χ1) is 11.9. The van der Waals surface area contributed by atoms with E-state index in [0.717, 1.165) is 44.1 Å². The fourth-order valence-corrected chi connectivity index (χ4v) is 3.88. The molecular formula is C20H30N2O3. The normalized spacial score (nSPS) is 22.9. The summed E-state index contributed by atoms with van der Waals surface area (Å²) in [5.41, 5.74) is 0.941. The van der Waals surface area contributed by atoms with Crippen molar-refractivity contribution in [3.63, 3.8) is 0 Å². The molecule has 0 aromatic heterocycles. The highest BCUT2D eigenvalue weighted by Crippen LogP contribution is 2.32. The second kappa shape index (κ2) is 7.75. The summed E-state index contributed by atoms with van der Waals surface area (Å²) in [4.78, 5) is 16.4. The number of aromatic hydroxyl groups is 1. The predicted octanol–water partition coefficient (Wildman–Crippen LogP) is 3.03. The molecule has 0 amide bonds. The van der Waals surface area contributed by atoms with Crippen LogP contribution < -0.4 is 0 Å². The molecule has 2 aliphatic rings. The topological polar surface area (TPSA) is 64.0 Å². The van der Waals surface area contributed by atoms with Crippen LogP contribution in [-0.4, -0.2) is 58.2 Å². The Morgan fingerprint density at radius 3 is 2.68 bits per heavy atom. The minimum Gasteiger partial charge on any atom is -0.507 e. The first-order valence-electron chi connectivity index (χ1n) is 9.45. The first-order valence-corrected chi connectivity index (χ1v) is 9.45. The van der Waals surface area contributed by atoms with Gasteiger partial charge in [0.1, 0.15) is 11.3 Å². The van der Waals surface area contributed by atoms with Gasteiger partial charge >= 0.3 is 5.97 Å². The van der Waals surface area contributed by atoms with Crippen LogP contribution in [0.1, 0.15) is 49.0 Å². The minimum atomic E-state index is -1.08. The van der Waals surface area contributed by atoms with Gasteiger partial charge in [-0.25, -0.2) is 4.79 Å². The fraction of sp³-hybridized carbons (Fsp3) is 0.650. The predicted molar refractivity (Wildman–Crippen MR) is 97.9 cm³/mol. The summed E-state index contributed by atoms with van der Waals surface area (Å²) in [5.74, 6) is 0.269. The molecule has 5 nitrogen and oxygen atoms in total. The third kappa shape index (κ3) is 4.73. The second-order valence-electron chi connectivity index (χ2n) is 7.99. The number of rotatable bonds is 6. The number of phenols is 1. The maximum absolute atomic E-state index is 11.2. The molecule has 1 aromatic rings. The second-order valence-corrected chi connectivity index (χ2v) is 7.99. The average molecular weight is 346 g/mol. The van der Waals surface area contributed by atoms with Crippen LogP contribution in [0.15, 0.2) is 18.2 Å². The molecule has 1 saturated heterocycles. The van der Waals surface area contributed by atoms with Crippen molar-refractivity contribution in [1.29, 1.82) is 0 Å². The zero-order chi connectivity index (χ0) is 18.0. The molecule has 3 rings (SSSR count). The summed E-state index contributed by atoms with van der Waals surface area (Å²) in [7, 11) is 0. The molecule has 0 spiro atoms. The van der Waals surface area contributed by atoms with Gasteiger partial charge in [-0.2, -0.15) is 0 Å². The lowest BCUT2D eigenvalue weighted by Crippen LogP contribution is -2.45. The van der Waals surface area contributed by atoms with Gasteiger partial charge in [0.2, 0.25) is 0 Å². The van der Waals surface area contributed by atoms with Crippen molar-refractivity contribution in [3.05, 3.63) is 29.3 Å².